The van der Waals surface area contributed by atoms with Crippen molar-refractivity contribution < 1.29 is 9.53 Å². The van der Waals surface area contributed by atoms with Crippen LogP contribution in [-0.4, -0.2) is 39.8 Å². The van der Waals surface area contributed by atoms with Crippen molar-refractivity contribution in [2.75, 3.05) is 12.4 Å². The van der Waals surface area contributed by atoms with E-state index in [1.165, 1.54) is 44.1 Å². The SMILES string of the molecule is C/C(=C/N)c1cc(C)ccn1.CCC1(CC)CC(OC)C1.Cc1ccc(-c2n[nH]c(C3CC3)n2)cc1NC=O. The monoisotopic (exact) mass is 532 g/mol. The molecule has 2 aromatic heterocycles. The summed E-state index contributed by atoms with van der Waals surface area (Å²) in [6.45, 7) is 10.5. The third kappa shape index (κ3) is 8.23. The van der Waals surface area contributed by atoms with Crippen LogP contribution in [-0.2, 0) is 9.53 Å². The standard InChI is InChI=1S/C13H14N4O.C9H12N2.C9H18O/c1-8-2-3-10(6-11(8)14-7-18)13-15-12(16-17-13)9-4-5-9;1-7-3-4-11-9(5-7)8(2)6-10;1-4-9(5-2)6-8(7-9)10-3/h2-3,6-7,9H,4-5H2,1H3,(H,14,18)(H,15,16,17);3-6H,10H2,1-2H3;8H,4-7H2,1-3H3/b;8-6-;. The molecular formula is C31H44N6O2. The number of nitrogens with zero attached hydrogens (tertiary/aromatic N) is 3. The Morgan fingerprint density at radius 3 is 2.46 bits per heavy atom. The minimum atomic E-state index is 0.560. The van der Waals surface area contributed by atoms with Crippen LogP contribution in [0.4, 0.5) is 5.69 Å². The van der Waals surface area contributed by atoms with Gasteiger partial charge in [0.1, 0.15) is 5.82 Å². The normalized spacial score (nSPS) is 16.2. The fourth-order valence-corrected chi connectivity index (χ4v) is 4.66. The van der Waals surface area contributed by atoms with E-state index >= 15 is 0 Å². The number of rotatable bonds is 8. The van der Waals surface area contributed by atoms with Crippen LogP contribution in [0.5, 0.6) is 0 Å². The number of carbonyl (C=O) groups excluding carboxylic acids is 1. The van der Waals surface area contributed by atoms with E-state index in [1.54, 1.807) is 12.4 Å². The Bertz CT molecular complexity index is 1240. The average molecular weight is 533 g/mol. The quantitative estimate of drug-likeness (QED) is 0.284. The molecule has 0 unspecified atom stereocenters. The number of aromatic nitrogens is 4. The molecular weight excluding hydrogens is 488 g/mol. The fourth-order valence-electron chi connectivity index (χ4n) is 4.66. The van der Waals surface area contributed by atoms with Crippen LogP contribution < -0.4 is 11.1 Å². The average Bonchev–Trinajstić information content (AvgIpc) is 3.67. The van der Waals surface area contributed by atoms with Gasteiger partial charge >= 0.3 is 0 Å². The van der Waals surface area contributed by atoms with Crippen LogP contribution in [0.15, 0.2) is 42.7 Å². The van der Waals surface area contributed by atoms with E-state index in [2.05, 4.69) is 39.3 Å². The lowest BCUT2D eigenvalue weighted by Crippen LogP contribution is -2.40. The number of anilines is 1. The topological polar surface area (TPSA) is 119 Å². The number of hydrogen-bond donors (Lipinski definition) is 3. The lowest BCUT2D eigenvalue weighted by atomic mass is 9.63. The van der Waals surface area contributed by atoms with E-state index < -0.39 is 0 Å². The van der Waals surface area contributed by atoms with E-state index in [1.807, 2.05) is 58.2 Å². The maximum atomic E-state index is 10.5. The smallest absolute Gasteiger partial charge is 0.211 e. The van der Waals surface area contributed by atoms with E-state index in [9.17, 15) is 4.79 Å². The second kappa shape index (κ2) is 14.0. The Morgan fingerprint density at radius 1 is 1.18 bits per heavy atom. The van der Waals surface area contributed by atoms with Crippen molar-refractivity contribution in [2.45, 2.75) is 85.2 Å². The maximum Gasteiger partial charge on any atom is 0.211 e. The molecule has 4 N–H and O–H groups in total. The van der Waals surface area contributed by atoms with E-state index in [0.717, 1.165) is 33.9 Å². The summed E-state index contributed by atoms with van der Waals surface area (Å²) in [5.74, 6) is 2.21. The van der Waals surface area contributed by atoms with Crippen molar-refractivity contribution in [3.05, 3.63) is 65.4 Å². The summed E-state index contributed by atoms with van der Waals surface area (Å²) in [5, 5.41) is 9.89. The van der Waals surface area contributed by atoms with Crippen LogP contribution in [0.3, 0.4) is 0 Å². The third-order valence-corrected chi connectivity index (χ3v) is 7.90. The molecule has 2 fully saturated rings. The summed E-state index contributed by atoms with van der Waals surface area (Å²) >= 11 is 0. The molecule has 1 amide bonds. The highest BCUT2D eigenvalue weighted by Crippen LogP contribution is 2.47. The summed E-state index contributed by atoms with van der Waals surface area (Å²) in [5.41, 5.74) is 11.9. The highest BCUT2D eigenvalue weighted by Gasteiger charge is 2.41. The van der Waals surface area contributed by atoms with Gasteiger partial charge in [-0.05, 0) is 93.0 Å². The molecule has 39 heavy (non-hydrogen) atoms. The molecule has 8 nitrogen and oxygen atoms in total. The summed E-state index contributed by atoms with van der Waals surface area (Å²) in [7, 11) is 1.82. The number of nitrogens with two attached hydrogens (primary N) is 1. The first-order chi connectivity index (χ1) is 18.8. The summed E-state index contributed by atoms with van der Waals surface area (Å²) in [6.07, 6.45) is 12.2. The number of aromatic amines is 1. The number of carbonyl (C=O) groups is 1. The summed E-state index contributed by atoms with van der Waals surface area (Å²) < 4.78 is 5.25. The molecule has 2 aliphatic rings. The number of pyridine rings is 1. The van der Waals surface area contributed by atoms with Gasteiger partial charge in [-0.25, -0.2) is 4.98 Å². The largest absolute Gasteiger partial charge is 0.404 e. The minimum Gasteiger partial charge on any atom is -0.404 e. The van der Waals surface area contributed by atoms with Crippen molar-refractivity contribution in [3.8, 4) is 11.4 Å². The van der Waals surface area contributed by atoms with Gasteiger partial charge in [-0.3, -0.25) is 14.9 Å². The van der Waals surface area contributed by atoms with Crippen LogP contribution in [0.2, 0.25) is 0 Å². The Labute approximate surface area is 232 Å². The summed E-state index contributed by atoms with van der Waals surface area (Å²) in [6, 6.07) is 9.79. The number of H-pyrrole nitrogens is 1. The molecule has 0 spiro atoms. The van der Waals surface area contributed by atoms with Gasteiger partial charge in [-0.15, -0.1) is 0 Å². The molecule has 210 valence electrons. The highest BCUT2D eigenvalue weighted by molar-refractivity contribution is 5.76. The Morgan fingerprint density at radius 2 is 1.90 bits per heavy atom. The molecule has 5 rings (SSSR count). The van der Waals surface area contributed by atoms with Crippen LogP contribution in [0, 0.1) is 19.3 Å². The van der Waals surface area contributed by atoms with Crippen molar-refractivity contribution in [1.29, 1.82) is 0 Å². The number of hydrogen-bond acceptors (Lipinski definition) is 6. The van der Waals surface area contributed by atoms with E-state index in [0.29, 0.717) is 29.7 Å². The number of allylic oxidation sites excluding steroid dienone is 1. The zero-order chi connectivity index (χ0) is 28.4. The lowest BCUT2D eigenvalue weighted by molar-refractivity contribution is -0.105. The number of aryl methyl sites for hydroxylation is 2. The van der Waals surface area contributed by atoms with Gasteiger partial charge in [0.15, 0.2) is 5.82 Å². The molecule has 1 aromatic carbocycles. The van der Waals surface area contributed by atoms with Crippen molar-refractivity contribution >= 4 is 17.7 Å². The van der Waals surface area contributed by atoms with Crippen LogP contribution in [0.25, 0.3) is 17.0 Å². The molecule has 0 radical (unpaired) electrons. The van der Waals surface area contributed by atoms with Crippen LogP contribution >= 0.6 is 0 Å². The van der Waals surface area contributed by atoms with E-state index in [4.69, 9.17) is 10.5 Å². The Kier molecular flexibility index (Phi) is 10.8. The Hall–Kier alpha value is -3.52. The molecule has 0 bridgehead atoms. The fraction of sp³-hybridized carbons (Fsp3) is 0.484. The molecule has 2 heterocycles. The second-order valence-corrected chi connectivity index (χ2v) is 10.7. The number of nitrogens with one attached hydrogen (secondary N) is 2. The number of methoxy groups -OCH3 is 1. The van der Waals surface area contributed by atoms with Crippen LogP contribution in [0.1, 0.15) is 87.9 Å². The first kappa shape index (κ1) is 30.0. The van der Waals surface area contributed by atoms with Crippen molar-refractivity contribution in [2.24, 2.45) is 11.1 Å². The zero-order valence-corrected chi connectivity index (χ0v) is 24.3. The number of benzene rings is 1. The second-order valence-electron chi connectivity index (χ2n) is 10.7. The predicted octanol–water partition coefficient (Wildman–Crippen LogP) is 6.54. The van der Waals surface area contributed by atoms with Gasteiger partial charge in [0, 0.05) is 30.5 Å². The number of amides is 1. The predicted molar refractivity (Wildman–Crippen MR) is 158 cm³/mol. The lowest BCUT2D eigenvalue weighted by Gasteiger charge is -2.46. The van der Waals surface area contributed by atoms with Gasteiger partial charge in [0.2, 0.25) is 6.41 Å². The number of ether oxygens (including phenoxy) is 1. The molecule has 3 aromatic rings. The first-order valence-corrected chi connectivity index (χ1v) is 13.9. The van der Waals surface area contributed by atoms with Crippen molar-refractivity contribution in [3.63, 3.8) is 0 Å². The van der Waals surface area contributed by atoms with Gasteiger partial charge < -0.3 is 15.8 Å². The maximum absolute atomic E-state index is 10.5. The molecule has 0 atom stereocenters. The molecule has 0 saturated heterocycles. The molecule has 8 heteroatoms. The highest BCUT2D eigenvalue weighted by atomic mass is 16.5. The summed E-state index contributed by atoms with van der Waals surface area (Å²) in [4.78, 5) is 19.2. The van der Waals surface area contributed by atoms with Gasteiger partial charge in [-0.2, -0.15) is 5.10 Å². The zero-order valence-electron chi connectivity index (χ0n) is 24.3. The first-order valence-electron chi connectivity index (χ1n) is 13.9. The molecule has 2 aliphatic carbocycles. The van der Waals surface area contributed by atoms with E-state index in [-0.39, 0.29) is 0 Å². The molecule has 2 saturated carbocycles. The van der Waals surface area contributed by atoms with Gasteiger partial charge in [-0.1, -0.05) is 38.8 Å². The third-order valence-electron chi connectivity index (χ3n) is 7.90. The van der Waals surface area contributed by atoms with Gasteiger partial charge in [0.25, 0.3) is 0 Å². The molecule has 0 aliphatic heterocycles. The Balaban J connectivity index is 0.000000173. The van der Waals surface area contributed by atoms with Gasteiger partial charge in [0.05, 0.1) is 11.8 Å². The minimum absolute atomic E-state index is 0.560. The van der Waals surface area contributed by atoms with Crippen molar-refractivity contribution in [1.82, 2.24) is 20.2 Å².